The van der Waals surface area contributed by atoms with Crippen molar-refractivity contribution in [1.29, 1.82) is 0 Å². The van der Waals surface area contributed by atoms with E-state index in [1.165, 1.54) is 0 Å². The Morgan fingerprint density at radius 3 is 0.729 bits per heavy atom. The third kappa shape index (κ3) is 3.37. The summed E-state index contributed by atoms with van der Waals surface area (Å²) in [5.74, 6) is 0. The van der Waals surface area contributed by atoms with E-state index in [-0.39, 0.29) is 5.43 Å². The second-order valence-electron chi connectivity index (χ2n) is 12.7. The molecule has 0 saturated carbocycles. The first-order chi connectivity index (χ1) is 23.3. The summed E-state index contributed by atoms with van der Waals surface area (Å²) in [4.78, 5) is 66.5. The zero-order valence-corrected chi connectivity index (χ0v) is 25.1. The van der Waals surface area contributed by atoms with Crippen molar-refractivity contribution in [2.75, 3.05) is 0 Å². The molecule has 0 spiro atoms. The number of hydrogen-bond donors (Lipinski definition) is 0. The van der Waals surface area contributed by atoms with Crippen LogP contribution in [0, 0.1) is 0 Å². The summed E-state index contributed by atoms with van der Waals surface area (Å²) in [6, 6.07) is 33.4. The van der Waals surface area contributed by atoms with Gasteiger partial charge in [-0.1, -0.05) is 49.0 Å². The van der Waals surface area contributed by atoms with Gasteiger partial charge in [-0.3, -0.25) is 24.0 Å². The lowest BCUT2D eigenvalue weighted by Crippen LogP contribution is -2.24. The lowest BCUT2D eigenvalue weighted by molar-refractivity contribution is 1.60. The summed E-state index contributed by atoms with van der Waals surface area (Å²) in [5.41, 5.74) is -2.36. The van der Waals surface area contributed by atoms with Crippen LogP contribution >= 0.6 is 0 Å². The van der Waals surface area contributed by atoms with Crippen LogP contribution in [0.5, 0.6) is 0 Å². The first-order valence-corrected chi connectivity index (χ1v) is 15.6. The third-order valence-corrected chi connectivity index (χ3v) is 10.2. The number of benzene rings is 9. The largest absolute Gasteiger partial charge is 0.289 e. The summed E-state index contributed by atoms with van der Waals surface area (Å²) in [6.07, 6.45) is 0. The van der Waals surface area contributed by atoms with Gasteiger partial charge in [0.05, 0.1) is 0 Å². The summed E-state index contributed by atoms with van der Waals surface area (Å²) in [5, 5.41) is 12.3. The van der Waals surface area contributed by atoms with E-state index in [1.54, 1.807) is 24.3 Å². The van der Waals surface area contributed by atoms with Gasteiger partial charge < -0.3 is 0 Å². The van der Waals surface area contributed by atoms with E-state index < -0.39 is 21.7 Å². The molecule has 0 atom stereocenters. The van der Waals surface area contributed by atoms with Gasteiger partial charge in [-0.25, -0.2) is 0 Å². The molecule has 48 heavy (non-hydrogen) atoms. The minimum atomic E-state index is -0.560. The fourth-order valence-electron chi connectivity index (χ4n) is 7.71. The van der Waals surface area contributed by atoms with Gasteiger partial charge in [0, 0.05) is 32.1 Å². The van der Waals surface area contributed by atoms with Gasteiger partial charge in [-0.15, -0.1) is 0 Å². The average molecular weight is 617 g/mol. The monoisotopic (exact) mass is 616 g/mol. The maximum absolute atomic E-state index is 13.5. The van der Waals surface area contributed by atoms with Crippen molar-refractivity contribution in [3.8, 4) is 0 Å². The quantitative estimate of drug-likeness (QED) is 0.137. The lowest BCUT2D eigenvalue weighted by Gasteiger charge is -2.09. The average Bonchev–Trinajstić information content (AvgIpc) is 3.13. The van der Waals surface area contributed by atoms with E-state index in [0.717, 1.165) is 48.5 Å². The summed E-state index contributed by atoms with van der Waals surface area (Å²) < 4.78 is 0. The Hall–Kier alpha value is -6.59. The first kappa shape index (κ1) is 26.6. The Morgan fingerprint density at radius 2 is 0.458 bits per heavy atom. The molecular weight excluding hydrogens is 596 g/mol. The van der Waals surface area contributed by atoms with Crippen LogP contribution in [0.4, 0.5) is 0 Å². The molecule has 10 aromatic rings. The molecule has 0 unspecified atom stereocenters. The van der Waals surface area contributed by atoms with Gasteiger partial charge in [-0.2, -0.15) is 0 Å². The molecule has 0 saturated heterocycles. The highest BCUT2D eigenvalue weighted by Crippen LogP contribution is 2.32. The predicted molar refractivity (Wildman–Crippen MR) is 198 cm³/mol. The number of rotatable bonds is 0. The van der Waals surface area contributed by atoms with Crippen LogP contribution in [0.3, 0.4) is 0 Å². The molecule has 0 aliphatic carbocycles. The van der Waals surface area contributed by atoms with E-state index >= 15 is 0 Å². The Labute approximate surface area is 268 Å². The molecule has 5 heteroatoms. The van der Waals surface area contributed by atoms with Crippen LogP contribution < -0.4 is 32.4 Å². The third-order valence-electron chi connectivity index (χ3n) is 10.2. The van der Waals surface area contributed by atoms with E-state index in [2.05, 4.69) is 6.58 Å². The molecule has 0 aliphatic heterocycles. The molecule has 0 aliphatic rings. The molecular formula is C43H20O5. The minimum Gasteiger partial charge on any atom is -0.289 e. The zero-order chi connectivity index (χ0) is 32.6. The molecule has 0 heterocycles. The second-order valence-corrected chi connectivity index (χ2v) is 12.7. The van der Waals surface area contributed by atoms with Crippen LogP contribution in [0.25, 0.3) is 104 Å². The van der Waals surface area contributed by atoms with Crippen molar-refractivity contribution in [2.45, 2.75) is 0 Å². The Morgan fingerprint density at radius 1 is 0.250 bits per heavy atom. The normalized spacial score (nSPS) is 12.2. The van der Waals surface area contributed by atoms with Crippen LogP contribution in [0.2, 0.25) is 0 Å². The van der Waals surface area contributed by atoms with Gasteiger partial charge in [0.2, 0.25) is 21.7 Å². The van der Waals surface area contributed by atoms with Crippen molar-refractivity contribution in [3.63, 3.8) is 0 Å². The van der Waals surface area contributed by atoms with Crippen LogP contribution in [-0.2, 0) is 0 Å². The van der Waals surface area contributed by atoms with E-state index in [1.807, 2.05) is 84.9 Å². The molecule has 10 rings (SSSR count). The van der Waals surface area contributed by atoms with Gasteiger partial charge in [0.25, 0.3) is 0 Å². The van der Waals surface area contributed by atoms with E-state index in [9.17, 15) is 24.0 Å². The minimum absolute atomic E-state index is 0.140. The lowest BCUT2D eigenvalue weighted by atomic mass is 9.94. The maximum Gasteiger partial charge on any atom is 0.234 e. The van der Waals surface area contributed by atoms with Crippen molar-refractivity contribution < 1.29 is 0 Å². The summed E-state index contributed by atoms with van der Waals surface area (Å²) >= 11 is 0. The summed E-state index contributed by atoms with van der Waals surface area (Å²) in [7, 11) is 0. The number of hydrogen-bond acceptors (Lipinski definition) is 5. The van der Waals surface area contributed by atoms with Crippen molar-refractivity contribution >= 4 is 104 Å². The Balaban J connectivity index is 1.54. The fourth-order valence-corrected chi connectivity index (χ4v) is 7.71. The van der Waals surface area contributed by atoms with E-state index in [4.69, 9.17) is 0 Å². The van der Waals surface area contributed by atoms with Crippen LogP contribution in [-0.4, -0.2) is 0 Å². The topological polar surface area (TPSA) is 85.3 Å². The molecule has 5 nitrogen and oxygen atoms in total. The van der Waals surface area contributed by atoms with Gasteiger partial charge in [0.15, 0.2) is 5.43 Å². The van der Waals surface area contributed by atoms with Gasteiger partial charge in [0.1, 0.15) is 0 Å². The Kier molecular flexibility index (Phi) is 5.00. The highest BCUT2D eigenvalue weighted by Gasteiger charge is 2.15. The molecule has 0 radical (unpaired) electrons. The molecule has 0 N–H and O–H groups in total. The first-order valence-electron chi connectivity index (χ1n) is 15.6. The van der Waals surface area contributed by atoms with Gasteiger partial charge >= 0.3 is 0 Å². The Bertz CT molecular complexity index is 2910. The highest BCUT2D eigenvalue weighted by atomic mass is 16.2. The zero-order valence-electron chi connectivity index (χ0n) is 25.1. The van der Waals surface area contributed by atoms with Crippen molar-refractivity contribution in [3.05, 3.63) is 166 Å². The molecule has 12 bridgehead atoms. The molecule has 10 aromatic carbocycles. The van der Waals surface area contributed by atoms with Crippen molar-refractivity contribution in [2.24, 2.45) is 0 Å². The molecule has 222 valence electrons. The molecule has 0 fully saturated rings. The SMILES string of the molecule is C=c1c(=O)c2ccc3cc2c2cc(ccc12)c1ccc2c(=O)c(=O)c4ccc(cc4c2c1)c1ccc2c(=O)c(=O)c4ccc3cc4c2c1. The molecule has 0 amide bonds. The smallest absolute Gasteiger partial charge is 0.234 e. The van der Waals surface area contributed by atoms with Gasteiger partial charge in [-0.05, 0) is 137 Å². The predicted octanol–water partition coefficient (Wildman–Crippen LogP) is 6.87. The number of fused-ring (bicyclic) bond motifs is 9. The van der Waals surface area contributed by atoms with Crippen molar-refractivity contribution in [1.82, 2.24) is 0 Å². The summed E-state index contributed by atoms with van der Waals surface area (Å²) in [6.45, 7) is 4.13. The van der Waals surface area contributed by atoms with E-state index in [0.29, 0.717) is 53.7 Å². The fraction of sp³-hybridized carbons (Fsp3) is 0. The maximum atomic E-state index is 13.5. The second kappa shape index (κ2) is 9.02. The van der Waals surface area contributed by atoms with Crippen LogP contribution in [0.1, 0.15) is 0 Å². The highest BCUT2D eigenvalue weighted by molar-refractivity contribution is 6.17. The van der Waals surface area contributed by atoms with Crippen LogP contribution in [0.15, 0.2) is 133 Å². The standard InChI is InChI=1S/C43H20O5/c1-20-27-8-2-21-14-33(27)34-15-22(3-9-28(34)39(20)44)24-5-11-30-36(17-24)38-19-26(7-13-32(38)43(48)41(30)46)25-6-12-31-37(18-25)35-16-23(21)4-10-29(35)40(45)42(31)47/h2-19H,1H2. The molecule has 0 aromatic heterocycles.